The molecule has 1 aromatic heterocycles. The fourth-order valence-electron chi connectivity index (χ4n) is 2.92. The number of benzene rings is 1. The van der Waals surface area contributed by atoms with E-state index in [9.17, 15) is 4.39 Å². The second-order valence-electron chi connectivity index (χ2n) is 5.52. The van der Waals surface area contributed by atoms with Crippen LogP contribution in [0.15, 0.2) is 10.5 Å². The summed E-state index contributed by atoms with van der Waals surface area (Å²) in [7, 11) is 0. The predicted octanol–water partition coefficient (Wildman–Crippen LogP) is 4.97. The number of hydrogen-bond acceptors (Lipinski definition) is 4. The molecular weight excluding hydrogens is 406 g/mol. The maximum atomic E-state index is 14.4. The van der Waals surface area contributed by atoms with Crippen molar-refractivity contribution < 1.29 is 4.39 Å². The third-order valence-corrected chi connectivity index (χ3v) is 5.45. The molecule has 1 aliphatic rings. The number of fused-ring (bicyclic) bond motifs is 1. The topological polar surface area (TPSA) is 52.8 Å². The highest BCUT2D eigenvalue weighted by Crippen LogP contribution is 2.36. The van der Waals surface area contributed by atoms with E-state index in [1.807, 2.05) is 4.90 Å². The summed E-state index contributed by atoms with van der Waals surface area (Å²) < 4.78 is 14.6. The second kappa shape index (κ2) is 6.76. The summed E-state index contributed by atoms with van der Waals surface area (Å²) in [6.45, 7) is 1.46. The minimum Gasteiger partial charge on any atom is -0.356 e. The molecule has 4 nitrogen and oxygen atoms in total. The Morgan fingerprint density at radius 3 is 2.96 bits per heavy atom. The largest absolute Gasteiger partial charge is 0.356 e. The summed E-state index contributed by atoms with van der Waals surface area (Å²) in [4.78, 5) is 10.3. The molecule has 1 atom stereocenters. The van der Waals surface area contributed by atoms with Crippen LogP contribution in [0.2, 0.25) is 10.3 Å². The summed E-state index contributed by atoms with van der Waals surface area (Å²) in [5, 5.41) is 9.68. The zero-order valence-electron chi connectivity index (χ0n) is 12.0. The van der Waals surface area contributed by atoms with Gasteiger partial charge in [0.2, 0.25) is 5.28 Å². The lowest BCUT2D eigenvalue weighted by Crippen LogP contribution is -2.36. The maximum absolute atomic E-state index is 14.4. The summed E-state index contributed by atoms with van der Waals surface area (Å²) in [5.41, 5.74) is 0.138. The zero-order valence-corrected chi connectivity index (χ0v) is 15.1. The highest BCUT2D eigenvalue weighted by Gasteiger charge is 2.24. The van der Waals surface area contributed by atoms with Gasteiger partial charge in [0.05, 0.1) is 15.6 Å². The number of nitrogens with zero attached hydrogens (tertiary/aromatic N) is 4. The highest BCUT2D eigenvalue weighted by atomic mass is 79.9. The molecule has 23 heavy (non-hydrogen) atoms. The van der Waals surface area contributed by atoms with E-state index >= 15 is 0 Å². The summed E-state index contributed by atoms with van der Waals surface area (Å²) in [6.07, 6.45) is 2.44. The fourth-order valence-corrected chi connectivity index (χ4v) is 3.58. The van der Waals surface area contributed by atoms with Crippen LogP contribution in [0.3, 0.4) is 0 Å². The summed E-state index contributed by atoms with van der Waals surface area (Å²) >= 11 is 15.2. The van der Waals surface area contributed by atoms with Crippen molar-refractivity contribution in [2.24, 2.45) is 5.92 Å². The van der Waals surface area contributed by atoms with Crippen molar-refractivity contribution >= 4 is 55.9 Å². The number of nitriles is 1. The fraction of sp³-hybridized carbons (Fsp3) is 0.400. The Bertz CT molecular complexity index is 808. The van der Waals surface area contributed by atoms with Crippen molar-refractivity contribution in [3.63, 3.8) is 0 Å². The molecule has 1 aliphatic heterocycles. The van der Waals surface area contributed by atoms with E-state index in [1.165, 1.54) is 0 Å². The van der Waals surface area contributed by atoms with Crippen molar-refractivity contribution in [2.45, 2.75) is 19.3 Å². The molecule has 0 aliphatic carbocycles. The lowest BCUT2D eigenvalue weighted by Gasteiger charge is -2.33. The molecule has 0 unspecified atom stereocenters. The highest BCUT2D eigenvalue weighted by molar-refractivity contribution is 9.10. The molecule has 0 bridgehead atoms. The normalized spacial score (nSPS) is 18.2. The average Bonchev–Trinajstić information content (AvgIpc) is 2.54. The Morgan fingerprint density at radius 2 is 2.22 bits per heavy atom. The third-order valence-electron chi connectivity index (χ3n) is 3.98. The van der Waals surface area contributed by atoms with Gasteiger partial charge < -0.3 is 4.90 Å². The summed E-state index contributed by atoms with van der Waals surface area (Å²) in [5.74, 6) is 0.285. The van der Waals surface area contributed by atoms with E-state index in [2.05, 4.69) is 32.0 Å². The van der Waals surface area contributed by atoms with Gasteiger partial charge in [0.15, 0.2) is 5.82 Å². The van der Waals surface area contributed by atoms with Crippen molar-refractivity contribution in [1.82, 2.24) is 9.97 Å². The van der Waals surface area contributed by atoms with Crippen LogP contribution in [-0.4, -0.2) is 23.1 Å². The van der Waals surface area contributed by atoms with Crippen LogP contribution in [-0.2, 0) is 0 Å². The number of halogens is 4. The monoisotopic (exact) mass is 416 g/mol. The zero-order chi connectivity index (χ0) is 16.6. The van der Waals surface area contributed by atoms with Crippen molar-refractivity contribution in [1.29, 1.82) is 5.26 Å². The Morgan fingerprint density at radius 1 is 1.43 bits per heavy atom. The van der Waals surface area contributed by atoms with E-state index in [1.54, 1.807) is 6.07 Å². The first-order valence-corrected chi connectivity index (χ1v) is 8.68. The van der Waals surface area contributed by atoms with Crippen LogP contribution in [0.1, 0.15) is 19.3 Å². The van der Waals surface area contributed by atoms with Crippen molar-refractivity contribution in [3.05, 3.63) is 26.7 Å². The Labute approximate surface area is 151 Å². The number of piperidine rings is 1. The molecule has 0 spiro atoms. The lowest BCUT2D eigenvalue weighted by molar-refractivity contribution is 0.420. The van der Waals surface area contributed by atoms with Gasteiger partial charge in [0.1, 0.15) is 11.3 Å². The number of rotatable bonds is 2. The first-order chi connectivity index (χ1) is 11.0. The molecule has 2 aromatic rings. The van der Waals surface area contributed by atoms with Gasteiger partial charge >= 0.3 is 0 Å². The Hall–Kier alpha value is -1.16. The molecule has 2 heterocycles. The molecular formula is C15H12BrCl2FN4. The number of aromatic nitrogens is 2. The molecule has 120 valence electrons. The quantitative estimate of drug-likeness (QED) is 0.511. The van der Waals surface area contributed by atoms with Crippen LogP contribution in [0.4, 0.5) is 10.2 Å². The third kappa shape index (κ3) is 3.23. The van der Waals surface area contributed by atoms with Gasteiger partial charge in [-0.1, -0.05) is 11.6 Å². The van der Waals surface area contributed by atoms with E-state index in [-0.39, 0.29) is 26.2 Å². The number of anilines is 1. The van der Waals surface area contributed by atoms with Gasteiger partial charge in [-0.05, 0) is 52.4 Å². The van der Waals surface area contributed by atoms with Crippen LogP contribution < -0.4 is 4.90 Å². The van der Waals surface area contributed by atoms with Gasteiger partial charge in [0.25, 0.3) is 0 Å². The smallest absolute Gasteiger partial charge is 0.225 e. The molecule has 1 fully saturated rings. The van der Waals surface area contributed by atoms with Crippen LogP contribution >= 0.6 is 39.1 Å². The van der Waals surface area contributed by atoms with Gasteiger partial charge in [-0.3, -0.25) is 0 Å². The Kier molecular flexibility index (Phi) is 4.90. The molecule has 0 saturated carbocycles. The summed E-state index contributed by atoms with van der Waals surface area (Å²) in [6, 6.07) is 3.85. The van der Waals surface area contributed by atoms with E-state index in [0.717, 1.165) is 19.4 Å². The van der Waals surface area contributed by atoms with Crippen LogP contribution in [0, 0.1) is 23.1 Å². The van der Waals surface area contributed by atoms with E-state index < -0.39 is 5.82 Å². The minimum absolute atomic E-state index is 0.0111. The maximum Gasteiger partial charge on any atom is 0.225 e. The molecule has 0 radical (unpaired) electrons. The van der Waals surface area contributed by atoms with Gasteiger partial charge in [-0.15, -0.1) is 0 Å². The lowest BCUT2D eigenvalue weighted by atomic mass is 9.95. The standard InChI is InChI=1S/C15H12BrCl2FN4/c16-11-10(17)6-9-13(12(11)19)21-15(18)22-14(9)23-5-1-2-8(7-23)3-4-20/h6,8H,1-3,5,7H2/t8-/m0/s1. The van der Waals surface area contributed by atoms with Crippen LogP contribution in [0.25, 0.3) is 10.9 Å². The molecule has 0 amide bonds. The predicted molar refractivity (Wildman–Crippen MR) is 92.4 cm³/mol. The van der Waals surface area contributed by atoms with E-state index in [4.69, 9.17) is 28.5 Å². The van der Waals surface area contributed by atoms with Gasteiger partial charge in [-0.2, -0.15) is 10.2 Å². The SMILES string of the molecule is N#CC[C@@H]1CCCN(c2nc(Cl)nc3c(F)c(Br)c(Cl)cc23)C1. The molecule has 8 heteroatoms. The number of hydrogen-bond donors (Lipinski definition) is 0. The molecule has 1 saturated heterocycles. The van der Waals surface area contributed by atoms with Crippen molar-refractivity contribution in [3.8, 4) is 6.07 Å². The van der Waals surface area contributed by atoms with Crippen molar-refractivity contribution in [2.75, 3.05) is 18.0 Å². The first-order valence-electron chi connectivity index (χ1n) is 7.14. The Balaban J connectivity index is 2.12. The minimum atomic E-state index is -0.552. The van der Waals surface area contributed by atoms with Gasteiger partial charge in [0, 0.05) is 24.9 Å². The first kappa shape index (κ1) is 16.7. The molecule has 0 N–H and O–H groups in total. The molecule has 1 aromatic carbocycles. The van der Waals surface area contributed by atoms with Gasteiger partial charge in [-0.25, -0.2) is 9.37 Å². The molecule has 3 rings (SSSR count). The average molecular weight is 418 g/mol. The van der Waals surface area contributed by atoms with E-state index in [0.29, 0.717) is 24.2 Å². The van der Waals surface area contributed by atoms with Crippen LogP contribution in [0.5, 0.6) is 0 Å². The second-order valence-corrected chi connectivity index (χ2v) is 7.05.